The molecule has 122 valence electrons. The third kappa shape index (κ3) is 2.76. The lowest BCUT2D eigenvalue weighted by Gasteiger charge is -2.11. The van der Waals surface area contributed by atoms with Crippen LogP contribution >= 0.6 is 0 Å². The molecule has 0 bridgehead atoms. The van der Waals surface area contributed by atoms with E-state index in [2.05, 4.69) is 0 Å². The largest absolute Gasteiger partial charge is 0.455 e. The summed E-state index contributed by atoms with van der Waals surface area (Å²) in [6.07, 6.45) is 0. The van der Waals surface area contributed by atoms with Gasteiger partial charge in [-0.15, -0.1) is 0 Å². The lowest BCUT2D eigenvalue weighted by Crippen LogP contribution is -2.07. The normalized spacial score (nSPS) is 11.0. The molecule has 0 atom stereocenters. The molecule has 0 spiro atoms. The Labute approximate surface area is 146 Å². The second kappa shape index (κ2) is 6.06. The topological polar surface area (TPSA) is 30.2 Å². The molecule has 0 fully saturated rings. The highest BCUT2D eigenvalue weighted by molar-refractivity contribution is 5.89. The van der Waals surface area contributed by atoms with E-state index < -0.39 is 0 Å². The Morgan fingerprint density at radius 1 is 0.720 bits per heavy atom. The van der Waals surface area contributed by atoms with E-state index in [9.17, 15) is 4.79 Å². The molecule has 2 heteroatoms. The number of aryl methyl sites for hydroxylation is 2. The zero-order valence-corrected chi connectivity index (χ0v) is 14.2. The number of rotatable bonds is 2. The first-order valence-electron chi connectivity index (χ1n) is 8.33. The average molecular weight is 326 g/mol. The van der Waals surface area contributed by atoms with Crippen LogP contribution in [0.25, 0.3) is 33.4 Å². The summed E-state index contributed by atoms with van der Waals surface area (Å²) in [6.45, 7) is 4.02. The minimum Gasteiger partial charge on any atom is -0.455 e. The fraction of sp³-hybridized carbons (Fsp3) is 0.0870. The highest BCUT2D eigenvalue weighted by atomic mass is 16.3. The second-order valence-electron chi connectivity index (χ2n) is 6.37. The molecule has 0 aliphatic rings. The SMILES string of the molecule is Cc1ccc(-c2oc3ccc(C)cc3c(=O)c2-c2ccccc2)cc1. The Bertz CT molecular complexity index is 1100. The minimum atomic E-state index is 0.00623. The van der Waals surface area contributed by atoms with Crippen molar-refractivity contribution < 1.29 is 4.42 Å². The van der Waals surface area contributed by atoms with E-state index >= 15 is 0 Å². The quantitative estimate of drug-likeness (QED) is 0.470. The van der Waals surface area contributed by atoms with Gasteiger partial charge in [0, 0.05) is 5.56 Å². The first-order chi connectivity index (χ1) is 12.1. The zero-order valence-electron chi connectivity index (χ0n) is 14.2. The first kappa shape index (κ1) is 15.4. The van der Waals surface area contributed by atoms with Crippen LogP contribution in [0.4, 0.5) is 0 Å². The van der Waals surface area contributed by atoms with Crippen LogP contribution in [0, 0.1) is 13.8 Å². The number of hydrogen-bond donors (Lipinski definition) is 0. The Morgan fingerprint density at radius 3 is 2.12 bits per heavy atom. The minimum absolute atomic E-state index is 0.00623. The molecule has 0 saturated heterocycles. The number of hydrogen-bond acceptors (Lipinski definition) is 2. The van der Waals surface area contributed by atoms with Crippen LogP contribution in [-0.2, 0) is 0 Å². The summed E-state index contributed by atoms with van der Waals surface area (Å²) in [5, 5.41) is 0.620. The highest BCUT2D eigenvalue weighted by Gasteiger charge is 2.17. The van der Waals surface area contributed by atoms with Gasteiger partial charge >= 0.3 is 0 Å². The molecule has 4 aromatic rings. The van der Waals surface area contributed by atoms with E-state index in [1.165, 1.54) is 5.56 Å². The van der Waals surface area contributed by atoms with E-state index in [1.54, 1.807) is 0 Å². The maximum atomic E-state index is 13.3. The van der Waals surface area contributed by atoms with Gasteiger partial charge in [-0.2, -0.15) is 0 Å². The van der Waals surface area contributed by atoms with Gasteiger partial charge in [-0.3, -0.25) is 4.79 Å². The van der Waals surface area contributed by atoms with Crippen molar-refractivity contribution in [3.05, 3.63) is 94.1 Å². The lowest BCUT2D eigenvalue weighted by molar-refractivity contribution is 0.620. The molecular weight excluding hydrogens is 308 g/mol. The molecule has 0 unspecified atom stereocenters. The third-order valence-electron chi connectivity index (χ3n) is 4.42. The van der Waals surface area contributed by atoms with E-state index in [0.717, 1.165) is 16.7 Å². The van der Waals surface area contributed by atoms with Crippen molar-refractivity contribution in [2.75, 3.05) is 0 Å². The van der Waals surface area contributed by atoms with Gasteiger partial charge in [-0.1, -0.05) is 71.8 Å². The smallest absolute Gasteiger partial charge is 0.201 e. The van der Waals surface area contributed by atoms with Gasteiger partial charge in [0.2, 0.25) is 5.43 Å². The molecule has 0 aliphatic carbocycles. The molecule has 0 aliphatic heterocycles. The summed E-state index contributed by atoms with van der Waals surface area (Å²) in [4.78, 5) is 13.3. The first-order valence-corrected chi connectivity index (χ1v) is 8.33. The van der Waals surface area contributed by atoms with Crippen LogP contribution in [0.5, 0.6) is 0 Å². The van der Waals surface area contributed by atoms with Gasteiger partial charge in [0.05, 0.1) is 10.9 Å². The van der Waals surface area contributed by atoms with Crippen molar-refractivity contribution in [2.45, 2.75) is 13.8 Å². The van der Waals surface area contributed by atoms with Crippen LogP contribution in [0.2, 0.25) is 0 Å². The van der Waals surface area contributed by atoms with Crippen LogP contribution in [0.3, 0.4) is 0 Å². The van der Waals surface area contributed by atoms with Gasteiger partial charge in [0.25, 0.3) is 0 Å². The summed E-state index contributed by atoms with van der Waals surface area (Å²) in [7, 11) is 0. The monoisotopic (exact) mass is 326 g/mol. The van der Waals surface area contributed by atoms with E-state index in [0.29, 0.717) is 22.3 Å². The van der Waals surface area contributed by atoms with E-state index in [4.69, 9.17) is 4.42 Å². The molecule has 1 heterocycles. The Kier molecular flexibility index (Phi) is 3.73. The standard InChI is InChI=1S/C23H18O2/c1-15-8-11-18(12-9-15)23-21(17-6-4-3-5-7-17)22(24)19-14-16(2)10-13-20(19)25-23/h3-14H,1-2H3. The van der Waals surface area contributed by atoms with Crippen molar-refractivity contribution in [3.8, 4) is 22.5 Å². The third-order valence-corrected chi connectivity index (χ3v) is 4.42. The summed E-state index contributed by atoms with van der Waals surface area (Å²) in [5.41, 5.74) is 5.23. The fourth-order valence-corrected chi connectivity index (χ4v) is 3.08. The molecule has 1 aromatic heterocycles. The van der Waals surface area contributed by atoms with Gasteiger partial charge in [0.1, 0.15) is 11.3 Å². The molecule has 25 heavy (non-hydrogen) atoms. The molecule has 0 radical (unpaired) electrons. The Morgan fingerprint density at radius 2 is 1.40 bits per heavy atom. The molecule has 3 aromatic carbocycles. The summed E-state index contributed by atoms with van der Waals surface area (Å²) >= 11 is 0. The second-order valence-corrected chi connectivity index (χ2v) is 6.37. The van der Waals surface area contributed by atoms with Crippen molar-refractivity contribution in [1.29, 1.82) is 0 Å². The van der Waals surface area contributed by atoms with Crippen molar-refractivity contribution in [3.63, 3.8) is 0 Å². The highest BCUT2D eigenvalue weighted by Crippen LogP contribution is 2.32. The maximum absolute atomic E-state index is 13.3. The predicted octanol–water partition coefficient (Wildman–Crippen LogP) is 5.74. The zero-order chi connectivity index (χ0) is 17.4. The predicted molar refractivity (Wildman–Crippen MR) is 103 cm³/mol. The van der Waals surface area contributed by atoms with Crippen LogP contribution in [0.1, 0.15) is 11.1 Å². The summed E-state index contributed by atoms with van der Waals surface area (Å²) in [5.74, 6) is 0.618. The van der Waals surface area contributed by atoms with Crippen molar-refractivity contribution >= 4 is 11.0 Å². The van der Waals surface area contributed by atoms with Gasteiger partial charge in [-0.05, 0) is 31.5 Å². The molecule has 0 saturated carbocycles. The van der Waals surface area contributed by atoms with Gasteiger partial charge < -0.3 is 4.42 Å². The van der Waals surface area contributed by atoms with Gasteiger partial charge in [0.15, 0.2) is 0 Å². The molecule has 2 nitrogen and oxygen atoms in total. The Hall–Kier alpha value is -3.13. The fourth-order valence-electron chi connectivity index (χ4n) is 3.08. The number of benzene rings is 3. The Balaban J connectivity index is 2.11. The lowest BCUT2D eigenvalue weighted by atomic mass is 9.97. The molecule has 0 amide bonds. The van der Waals surface area contributed by atoms with Gasteiger partial charge in [-0.25, -0.2) is 0 Å². The average Bonchev–Trinajstić information content (AvgIpc) is 2.63. The maximum Gasteiger partial charge on any atom is 0.201 e. The number of fused-ring (bicyclic) bond motifs is 1. The van der Waals surface area contributed by atoms with Crippen LogP contribution in [0.15, 0.2) is 82.0 Å². The van der Waals surface area contributed by atoms with Crippen LogP contribution in [-0.4, -0.2) is 0 Å². The molecule has 0 N–H and O–H groups in total. The summed E-state index contributed by atoms with van der Waals surface area (Å²) < 4.78 is 6.21. The van der Waals surface area contributed by atoms with Crippen molar-refractivity contribution in [2.24, 2.45) is 0 Å². The molecular formula is C23H18O2. The van der Waals surface area contributed by atoms with Crippen LogP contribution < -0.4 is 5.43 Å². The van der Waals surface area contributed by atoms with E-state index in [1.807, 2.05) is 86.6 Å². The van der Waals surface area contributed by atoms with Crippen molar-refractivity contribution in [1.82, 2.24) is 0 Å². The van der Waals surface area contributed by atoms with E-state index in [-0.39, 0.29) is 5.43 Å². The molecule has 4 rings (SSSR count). The summed E-state index contributed by atoms with van der Waals surface area (Å²) in [6, 6.07) is 23.5.